The lowest BCUT2D eigenvalue weighted by atomic mass is 10.1. The van der Waals surface area contributed by atoms with Gasteiger partial charge in [0.1, 0.15) is 5.82 Å². The minimum Gasteiger partial charge on any atom is -0.368 e. The Hall–Kier alpha value is -2.92. The van der Waals surface area contributed by atoms with E-state index in [1.807, 2.05) is 36.4 Å². The van der Waals surface area contributed by atoms with Gasteiger partial charge in [0.05, 0.1) is 0 Å². The zero-order valence-electron chi connectivity index (χ0n) is 14.2. The molecule has 5 nitrogen and oxygen atoms in total. The molecule has 0 saturated carbocycles. The van der Waals surface area contributed by atoms with Crippen LogP contribution in [0.1, 0.15) is 21.6 Å². The largest absolute Gasteiger partial charge is 0.368 e. The van der Waals surface area contributed by atoms with Gasteiger partial charge < -0.3 is 10.6 Å². The summed E-state index contributed by atoms with van der Waals surface area (Å²) in [6, 6.07) is 21.0. The van der Waals surface area contributed by atoms with Crippen molar-refractivity contribution in [3.8, 4) is 0 Å². The van der Waals surface area contributed by atoms with Gasteiger partial charge in [0, 0.05) is 18.1 Å². The van der Waals surface area contributed by atoms with Gasteiger partial charge in [0.25, 0.3) is 5.91 Å². The molecule has 0 atom stereocenters. The second-order valence-electron chi connectivity index (χ2n) is 5.74. The summed E-state index contributed by atoms with van der Waals surface area (Å²) in [7, 11) is 0. The number of carbonyl (C=O) groups is 1. The van der Waals surface area contributed by atoms with Crippen molar-refractivity contribution < 1.29 is 4.79 Å². The highest BCUT2D eigenvalue weighted by atomic mass is 35.5. The summed E-state index contributed by atoms with van der Waals surface area (Å²) in [5.74, 6) is 0.358. The first-order valence-corrected chi connectivity index (χ1v) is 8.73. The van der Waals surface area contributed by atoms with Crippen molar-refractivity contribution in [2.45, 2.75) is 13.0 Å². The summed E-state index contributed by atoms with van der Waals surface area (Å²) in [4.78, 5) is 12.2. The van der Waals surface area contributed by atoms with Crippen molar-refractivity contribution in [2.75, 3.05) is 11.9 Å². The highest BCUT2D eigenvalue weighted by Gasteiger charge is 2.09. The number of benzene rings is 2. The third-order valence-electron chi connectivity index (χ3n) is 3.86. The number of carbonyl (C=O) groups excluding carboxylic acids is 1. The highest BCUT2D eigenvalue weighted by Crippen LogP contribution is 2.14. The molecule has 6 heteroatoms. The number of halogens is 1. The molecule has 0 fully saturated rings. The van der Waals surface area contributed by atoms with Crippen LogP contribution in [0.3, 0.4) is 0 Å². The number of hydrogen-bond donors (Lipinski definition) is 2. The Morgan fingerprint density at radius 2 is 1.69 bits per heavy atom. The summed E-state index contributed by atoms with van der Waals surface area (Å²) in [6.07, 6.45) is 0.891. The van der Waals surface area contributed by atoms with Gasteiger partial charge in [-0.3, -0.25) is 4.79 Å². The second kappa shape index (κ2) is 8.97. The third kappa shape index (κ3) is 5.04. The van der Waals surface area contributed by atoms with Crippen molar-refractivity contribution in [3.63, 3.8) is 0 Å². The van der Waals surface area contributed by atoms with Gasteiger partial charge in [-0.1, -0.05) is 60.1 Å². The molecule has 26 heavy (non-hydrogen) atoms. The van der Waals surface area contributed by atoms with Crippen molar-refractivity contribution in [2.24, 2.45) is 0 Å². The van der Waals surface area contributed by atoms with Crippen molar-refractivity contribution in [1.29, 1.82) is 0 Å². The van der Waals surface area contributed by atoms with Gasteiger partial charge in [-0.05, 0) is 35.7 Å². The predicted octanol–water partition coefficient (Wildman–Crippen LogP) is 3.71. The van der Waals surface area contributed by atoms with Gasteiger partial charge >= 0.3 is 0 Å². The van der Waals surface area contributed by atoms with E-state index in [0.717, 1.165) is 18.5 Å². The Labute approximate surface area is 157 Å². The maximum atomic E-state index is 12.2. The number of nitrogens with zero attached hydrogens (tertiary/aromatic N) is 2. The number of hydrogen-bond acceptors (Lipinski definition) is 4. The topological polar surface area (TPSA) is 66.9 Å². The number of anilines is 1. The summed E-state index contributed by atoms with van der Waals surface area (Å²) in [6.45, 7) is 1.09. The van der Waals surface area contributed by atoms with E-state index in [2.05, 4.69) is 33.0 Å². The first-order valence-electron chi connectivity index (χ1n) is 8.35. The zero-order valence-corrected chi connectivity index (χ0v) is 14.9. The van der Waals surface area contributed by atoms with Crippen molar-refractivity contribution in [1.82, 2.24) is 15.5 Å². The summed E-state index contributed by atoms with van der Waals surface area (Å²) in [5, 5.41) is 14.7. The van der Waals surface area contributed by atoms with Crippen LogP contribution in [0.2, 0.25) is 5.02 Å². The lowest BCUT2D eigenvalue weighted by Crippen LogP contribution is -2.24. The van der Waals surface area contributed by atoms with E-state index in [4.69, 9.17) is 11.6 Å². The number of rotatable bonds is 7. The molecule has 3 aromatic rings. The number of amides is 1. The first-order chi connectivity index (χ1) is 12.7. The van der Waals surface area contributed by atoms with Gasteiger partial charge in [0.2, 0.25) is 0 Å². The maximum absolute atomic E-state index is 12.2. The smallest absolute Gasteiger partial charge is 0.272 e. The van der Waals surface area contributed by atoms with Crippen molar-refractivity contribution >= 4 is 23.3 Å². The van der Waals surface area contributed by atoms with Crippen LogP contribution >= 0.6 is 11.6 Å². The molecule has 2 aromatic carbocycles. The zero-order chi connectivity index (χ0) is 18.2. The quantitative estimate of drug-likeness (QED) is 0.668. The molecule has 132 valence electrons. The van der Waals surface area contributed by atoms with Crippen LogP contribution in [0.15, 0.2) is 66.7 Å². The van der Waals surface area contributed by atoms with Crippen LogP contribution < -0.4 is 10.6 Å². The number of aromatic nitrogens is 2. The van der Waals surface area contributed by atoms with Gasteiger partial charge in [-0.15, -0.1) is 10.2 Å². The molecule has 0 bridgehead atoms. The van der Waals surface area contributed by atoms with Gasteiger partial charge in [-0.25, -0.2) is 0 Å². The van der Waals surface area contributed by atoms with Gasteiger partial charge in [0.15, 0.2) is 5.69 Å². The Balaban J connectivity index is 1.49. The lowest BCUT2D eigenvalue weighted by Gasteiger charge is -2.07. The Morgan fingerprint density at radius 1 is 0.923 bits per heavy atom. The minimum absolute atomic E-state index is 0.269. The predicted molar refractivity (Wildman–Crippen MR) is 103 cm³/mol. The fourth-order valence-electron chi connectivity index (χ4n) is 2.44. The molecule has 1 aromatic heterocycles. The van der Waals surface area contributed by atoms with Crippen LogP contribution in [0.4, 0.5) is 5.82 Å². The fourth-order valence-corrected chi connectivity index (χ4v) is 2.64. The monoisotopic (exact) mass is 366 g/mol. The summed E-state index contributed by atoms with van der Waals surface area (Å²) in [5.41, 5.74) is 2.38. The molecule has 0 radical (unpaired) electrons. The SMILES string of the molecule is O=C(NCc1ccccc1Cl)c1ccc(NCCc2ccccc2)nn1. The molecule has 0 spiro atoms. The minimum atomic E-state index is -0.284. The van der Waals surface area contributed by atoms with Crippen LogP contribution in [-0.2, 0) is 13.0 Å². The Morgan fingerprint density at radius 3 is 2.42 bits per heavy atom. The second-order valence-corrected chi connectivity index (χ2v) is 6.15. The van der Waals surface area contributed by atoms with E-state index in [9.17, 15) is 4.79 Å². The molecule has 0 aliphatic rings. The molecule has 1 amide bonds. The van der Waals surface area contributed by atoms with E-state index in [1.54, 1.807) is 18.2 Å². The average Bonchev–Trinajstić information content (AvgIpc) is 2.68. The third-order valence-corrected chi connectivity index (χ3v) is 4.23. The summed E-state index contributed by atoms with van der Waals surface area (Å²) >= 11 is 6.08. The van der Waals surface area contributed by atoms with E-state index < -0.39 is 0 Å². The van der Waals surface area contributed by atoms with Crippen LogP contribution in [0.25, 0.3) is 0 Å². The molecular weight excluding hydrogens is 348 g/mol. The van der Waals surface area contributed by atoms with E-state index >= 15 is 0 Å². The molecular formula is C20H19ClN4O. The maximum Gasteiger partial charge on any atom is 0.272 e. The van der Waals surface area contributed by atoms with Gasteiger partial charge in [-0.2, -0.15) is 0 Å². The molecule has 1 heterocycles. The van der Waals surface area contributed by atoms with E-state index in [1.165, 1.54) is 5.56 Å². The van der Waals surface area contributed by atoms with E-state index in [-0.39, 0.29) is 11.6 Å². The first kappa shape index (κ1) is 17.9. The highest BCUT2D eigenvalue weighted by molar-refractivity contribution is 6.31. The normalized spacial score (nSPS) is 10.3. The fraction of sp³-hybridized carbons (Fsp3) is 0.150. The molecule has 0 aliphatic heterocycles. The molecule has 3 rings (SSSR count). The van der Waals surface area contributed by atoms with Crippen LogP contribution in [-0.4, -0.2) is 22.6 Å². The Bertz CT molecular complexity index is 853. The van der Waals surface area contributed by atoms with E-state index in [0.29, 0.717) is 17.4 Å². The summed E-state index contributed by atoms with van der Waals surface area (Å²) < 4.78 is 0. The molecule has 0 unspecified atom stereocenters. The van der Waals surface area contributed by atoms with Crippen molar-refractivity contribution in [3.05, 3.63) is 88.6 Å². The van der Waals surface area contributed by atoms with Crippen LogP contribution in [0, 0.1) is 0 Å². The molecule has 2 N–H and O–H groups in total. The standard InChI is InChI=1S/C20H19ClN4O/c21-17-9-5-4-8-16(17)14-23-20(26)18-10-11-19(25-24-18)22-13-12-15-6-2-1-3-7-15/h1-11H,12-14H2,(H,22,25)(H,23,26). The lowest BCUT2D eigenvalue weighted by molar-refractivity contribution is 0.0945. The average molecular weight is 367 g/mol. The van der Waals surface area contributed by atoms with Crippen LogP contribution in [0.5, 0.6) is 0 Å². The Kier molecular flexibility index (Phi) is 6.17. The molecule has 0 saturated heterocycles. The number of nitrogens with one attached hydrogen (secondary N) is 2. The molecule has 0 aliphatic carbocycles.